The van der Waals surface area contributed by atoms with Crippen molar-refractivity contribution in [1.29, 1.82) is 0 Å². The summed E-state index contributed by atoms with van der Waals surface area (Å²) in [4.78, 5) is 12.1. The number of hydrogen-bond donors (Lipinski definition) is 1. The molecule has 124 valence electrons. The minimum absolute atomic E-state index is 0.141. The van der Waals surface area contributed by atoms with E-state index in [9.17, 15) is 4.79 Å². The van der Waals surface area contributed by atoms with Gasteiger partial charge in [0.25, 0.3) is 5.91 Å². The van der Waals surface area contributed by atoms with Gasteiger partial charge in [0.05, 0.1) is 23.1 Å². The Bertz CT molecular complexity index is 862. The Morgan fingerprint density at radius 1 is 1.12 bits per heavy atom. The summed E-state index contributed by atoms with van der Waals surface area (Å²) in [5.74, 6) is -0.0515. The third-order valence-electron chi connectivity index (χ3n) is 3.85. The number of aromatic nitrogens is 3. The Balaban J connectivity index is 1.73. The van der Waals surface area contributed by atoms with Crippen molar-refractivity contribution in [3.63, 3.8) is 0 Å². The Morgan fingerprint density at radius 3 is 2.38 bits per heavy atom. The monoisotopic (exact) mass is 324 g/mol. The fourth-order valence-electron chi connectivity index (χ4n) is 2.62. The molecule has 2 aromatic heterocycles. The number of nitrogens with zero attached hydrogens (tertiary/aromatic N) is 3. The van der Waals surface area contributed by atoms with Crippen molar-refractivity contribution in [2.45, 2.75) is 33.7 Å². The van der Waals surface area contributed by atoms with Crippen LogP contribution in [0.2, 0.25) is 0 Å². The minimum atomic E-state index is -0.272. The maximum absolute atomic E-state index is 12.1. The van der Waals surface area contributed by atoms with Gasteiger partial charge in [-0.25, -0.2) is 4.68 Å². The lowest BCUT2D eigenvalue weighted by molar-refractivity contribution is 0.0902. The standard InChI is InChI=1S/C18H20N4O2/c1-11-9-13(3)22(20-11)16-7-5-15(6-8-16)14(4)19-18(23)17-10-12(2)21-24-17/h5-10,14H,1-4H3,(H,19,23). The molecule has 1 amide bonds. The van der Waals surface area contributed by atoms with Crippen LogP contribution >= 0.6 is 0 Å². The Hall–Kier alpha value is -2.89. The van der Waals surface area contributed by atoms with Crippen LogP contribution in [0.25, 0.3) is 5.69 Å². The van der Waals surface area contributed by atoms with Crippen LogP contribution < -0.4 is 5.32 Å². The highest BCUT2D eigenvalue weighted by molar-refractivity contribution is 5.91. The van der Waals surface area contributed by atoms with E-state index in [2.05, 4.69) is 15.6 Å². The number of nitrogens with one attached hydrogen (secondary N) is 1. The highest BCUT2D eigenvalue weighted by Gasteiger charge is 2.15. The van der Waals surface area contributed by atoms with E-state index in [4.69, 9.17) is 4.52 Å². The molecular formula is C18H20N4O2. The van der Waals surface area contributed by atoms with E-state index in [1.165, 1.54) is 0 Å². The summed E-state index contributed by atoms with van der Waals surface area (Å²) >= 11 is 0. The smallest absolute Gasteiger partial charge is 0.290 e. The van der Waals surface area contributed by atoms with Gasteiger partial charge in [0.2, 0.25) is 5.76 Å². The predicted octanol–water partition coefficient (Wildman–Crippen LogP) is 3.28. The number of rotatable bonds is 4. The van der Waals surface area contributed by atoms with Crippen LogP contribution in [-0.2, 0) is 0 Å². The summed E-state index contributed by atoms with van der Waals surface area (Å²) in [6.45, 7) is 7.71. The lowest BCUT2D eigenvalue weighted by atomic mass is 10.1. The fourth-order valence-corrected chi connectivity index (χ4v) is 2.62. The summed E-state index contributed by atoms with van der Waals surface area (Å²) in [5, 5.41) is 11.1. The molecule has 0 aliphatic carbocycles. The number of amides is 1. The van der Waals surface area contributed by atoms with Crippen LogP contribution in [0.1, 0.15) is 46.2 Å². The van der Waals surface area contributed by atoms with Crippen molar-refractivity contribution in [3.05, 3.63) is 64.8 Å². The maximum atomic E-state index is 12.1. The largest absolute Gasteiger partial charge is 0.351 e. The number of benzene rings is 1. The molecule has 1 unspecified atom stereocenters. The number of carbonyl (C=O) groups excluding carboxylic acids is 1. The zero-order chi connectivity index (χ0) is 17.3. The number of hydrogen-bond acceptors (Lipinski definition) is 4. The first-order chi connectivity index (χ1) is 11.4. The van der Waals surface area contributed by atoms with Gasteiger partial charge in [-0.15, -0.1) is 0 Å². The molecule has 24 heavy (non-hydrogen) atoms. The van der Waals surface area contributed by atoms with E-state index in [0.717, 1.165) is 22.6 Å². The van der Waals surface area contributed by atoms with Crippen LogP contribution in [0.15, 0.2) is 40.9 Å². The molecule has 1 atom stereocenters. The topological polar surface area (TPSA) is 73.0 Å². The molecule has 3 aromatic rings. The number of aryl methyl sites for hydroxylation is 3. The molecule has 6 heteroatoms. The summed E-state index contributed by atoms with van der Waals surface area (Å²) in [6.07, 6.45) is 0. The molecule has 0 aliphatic rings. The van der Waals surface area contributed by atoms with Gasteiger partial charge in [-0.2, -0.15) is 5.10 Å². The molecule has 1 N–H and O–H groups in total. The third kappa shape index (κ3) is 3.22. The molecule has 0 bridgehead atoms. The van der Waals surface area contributed by atoms with E-state index < -0.39 is 0 Å². The van der Waals surface area contributed by atoms with Gasteiger partial charge in [-0.1, -0.05) is 17.3 Å². The summed E-state index contributed by atoms with van der Waals surface area (Å²) in [5.41, 5.74) is 4.75. The van der Waals surface area contributed by atoms with Gasteiger partial charge in [-0.3, -0.25) is 4.79 Å². The van der Waals surface area contributed by atoms with Gasteiger partial charge in [0.1, 0.15) is 0 Å². The quantitative estimate of drug-likeness (QED) is 0.799. The highest BCUT2D eigenvalue weighted by atomic mass is 16.5. The fraction of sp³-hybridized carbons (Fsp3) is 0.278. The Kier molecular flexibility index (Phi) is 4.20. The zero-order valence-corrected chi connectivity index (χ0v) is 14.2. The molecule has 0 saturated carbocycles. The second-order valence-corrected chi connectivity index (χ2v) is 5.96. The van der Waals surface area contributed by atoms with E-state index in [-0.39, 0.29) is 17.7 Å². The van der Waals surface area contributed by atoms with Crippen molar-refractivity contribution in [3.8, 4) is 5.69 Å². The molecule has 2 heterocycles. The second-order valence-electron chi connectivity index (χ2n) is 5.96. The van der Waals surface area contributed by atoms with E-state index in [1.807, 2.05) is 55.8 Å². The second kappa shape index (κ2) is 6.31. The molecule has 0 aliphatic heterocycles. The first kappa shape index (κ1) is 16.0. The molecule has 0 saturated heterocycles. The van der Waals surface area contributed by atoms with Crippen LogP contribution in [0.5, 0.6) is 0 Å². The van der Waals surface area contributed by atoms with Crippen LogP contribution in [-0.4, -0.2) is 20.8 Å². The van der Waals surface area contributed by atoms with Crippen molar-refractivity contribution >= 4 is 5.91 Å². The average Bonchev–Trinajstić information content (AvgIpc) is 3.13. The van der Waals surface area contributed by atoms with E-state index in [1.54, 1.807) is 13.0 Å². The van der Waals surface area contributed by atoms with Crippen molar-refractivity contribution in [2.24, 2.45) is 0 Å². The molecule has 6 nitrogen and oxygen atoms in total. The third-order valence-corrected chi connectivity index (χ3v) is 3.85. The zero-order valence-electron chi connectivity index (χ0n) is 14.2. The molecule has 3 rings (SSSR count). The Labute approximate surface area is 140 Å². The SMILES string of the molecule is Cc1cc(C(=O)NC(C)c2ccc(-n3nc(C)cc3C)cc2)on1. The molecule has 1 aromatic carbocycles. The van der Waals surface area contributed by atoms with Gasteiger partial charge in [0, 0.05) is 11.8 Å². The summed E-state index contributed by atoms with van der Waals surface area (Å²) < 4.78 is 6.88. The molecular weight excluding hydrogens is 304 g/mol. The highest BCUT2D eigenvalue weighted by Crippen LogP contribution is 2.18. The summed E-state index contributed by atoms with van der Waals surface area (Å²) in [7, 11) is 0. The van der Waals surface area contributed by atoms with Gasteiger partial charge in [0.15, 0.2) is 0 Å². The Morgan fingerprint density at radius 2 is 1.83 bits per heavy atom. The molecule has 0 fully saturated rings. The van der Waals surface area contributed by atoms with Crippen LogP contribution in [0.3, 0.4) is 0 Å². The van der Waals surface area contributed by atoms with Crippen LogP contribution in [0, 0.1) is 20.8 Å². The van der Waals surface area contributed by atoms with Gasteiger partial charge < -0.3 is 9.84 Å². The summed E-state index contributed by atoms with van der Waals surface area (Å²) in [6, 6.07) is 11.5. The normalized spacial score (nSPS) is 12.2. The van der Waals surface area contributed by atoms with Crippen molar-refractivity contribution in [1.82, 2.24) is 20.3 Å². The molecule has 0 radical (unpaired) electrons. The van der Waals surface area contributed by atoms with Crippen molar-refractivity contribution in [2.75, 3.05) is 0 Å². The van der Waals surface area contributed by atoms with Gasteiger partial charge in [-0.05, 0) is 51.5 Å². The first-order valence-electron chi connectivity index (χ1n) is 7.82. The van der Waals surface area contributed by atoms with Gasteiger partial charge >= 0.3 is 0 Å². The van der Waals surface area contributed by atoms with E-state index in [0.29, 0.717) is 5.69 Å². The average molecular weight is 324 g/mol. The lowest BCUT2D eigenvalue weighted by Crippen LogP contribution is -2.26. The van der Waals surface area contributed by atoms with Crippen LogP contribution in [0.4, 0.5) is 0 Å². The number of carbonyl (C=O) groups is 1. The minimum Gasteiger partial charge on any atom is -0.351 e. The maximum Gasteiger partial charge on any atom is 0.290 e. The first-order valence-corrected chi connectivity index (χ1v) is 7.82. The predicted molar refractivity (Wildman–Crippen MR) is 90.2 cm³/mol. The lowest BCUT2D eigenvalue weighted by Gasteiger charge is -2.14. The van der Waals surface area contributed by atoms with Crippen molar-refractivity contribution < 1.29 is 9.32 Å². The van der Waals surface area contributed by atoms with E-state index >= 15 is 0 Å². The molecule has 0 spiro atoms.